The molecule has 0 fully saturated rings. The van der Waals surface area contributed by atoms with E-state index < -0.39 is 8.25 Å². The molecule has 0 bridgehead atoms. The van der Waals surface area contributed by atoms with Crippen molar-refractivity contribution in [2.75, 3.05) is 6.61 Å². The number of allylic oxidation sites excluding steroid dienone is 2. The fourth-order valence-electron chi connectivity index (χ4n) is 0.694. The summed E-state index contributed by atoms with van der Waals surface area (Å²) in [5.41, 5.74) is 0. The van der Waals surface area contributed by atoms with Crippen LogP contribution in [0.1, 0.15) is 26.2 Å². The molecule has 4 nitrogen and oxygen atoms in total. The second kappa shape index (κ2) is 8.81. The van der Waals surface area contributed by atoms with Gasteiger partial charge in [0, 0.05) is 4.57 Å². The Morgan fingerprint density at radius 1 is 1.50 bits per heavy atom. The lowest BCUT2D eigenvalue weighted by atomic mass is 10.2. The molecule has 0 saturated carbocycles. The molecule has 1 unspecified atom stereocenters. The Balaban J connectivity index is 3.05. The SMILES string of the molecule is C/C=C/CCCCO[P+](=O)OO. The van der Waals surface area contributed by atoms with Crippen LogP contribution in [0.15, 0.2) is 12.2 Å². The molecule has 0 radical (unpaired) electrons. The van der Waals surface area contributed by atoms with Crippen LogP contribution in [-0.2, 0) is 13.8 Å². The van der Waals surface area contributed by atoms with Gasteiger partial charge in [-0.15, -0.1) is 4.52 Å². The number of unbranched alkanes of at least 4 members (excludes halogenated alkanes) is 2. The molecule has 0 aliphatic heterocycles. The number of rotatable bonds is 7. The summed E-state index contributed by atoms with van der Waals surface area (Å²) in [4.78, 5) is 0. The van der Waals surface area contributed by atoms with E-state index in [1.807, 2.05) is 13.0 Å². The molecule has 0 aromatic heterocycles. The third kappa shape index (κ3) is 7.82. The van der Waals surface area contributed by atoms with Gasteiger partial charge in [0.2, 0.25) is 0 Å². The summed E-state index contributed by atoms with van der Waals surface area (Å²) < 4.78 is 18.4. The van der Waals surface area contributed by atoms with Crippen LogP contribution in [0.3, 0.4) is 0 Å². The summed E-state index contributed by atoms with van der Waals surface area (Å²) in [5, 5.41) is 7.86. The van der Waals surface area contributed by atoms with Gasteiger partial charge in [-0.2, -0.15) is 0 Å². The monoisotopic (exact) mass is 193 g/mol. The average Bonchev–Trinajstić information content (AvgIpc) is 2.10. The van der Waals surface area contributed by atoms with Crippen LogP contribution in [0, 0.1) is 0 Å². The van der Waals surface area contributed by atoms with Gasteiger partial charge < -0.3 is 0 Å². The van der Waals surface area contributed by atoms with E-state index in [1.165, 1.54) is 0 Å². The lowest BCUT2D eigenvalue weighted by molar-refractivity contribution is -0.142. The van der Waals surface area contributed by atoms with Crippen LogP contribution < -0.4 is 0 Å². The maximum atomic E-state index is 10.3. The lowest BCUT2D eigenvalue weighted by Crippen LogP contribution is -1.86. The van der Waals surface area contributed by atoms with Crippen molar-refractivity contribution in [3.05, 3.63) is 12.2 Å². The molecule has 0 spiro atoms. The predicted molar refractivity (Wildman–Crippen MR) is 45.9 cm³/mol. The van der Waals surface area contributed by atoms with Gasteiger partial charge in [0.1, 0.15) is 6.61 Å². The van der Waals surface area contributed by atoms with Crippen molar-refractivity contribution in [1.82, 2.24) is 0 Å². The largest absolute Gasteiger partial charge is 0.728 e. The molecule has 0 aromatic carbocycles. The zero-order valence-corrected chi connectivity index (χ0v) is 8.00. The van der Waals surface area contributed by atoms with Crippen molar-refractivity contribution in [3.63, 3.8) is 0 Å². The summed E-state index contributed by atoms with van der Waals surface area (Å²) >= 11 is 0. The van der Waals surface area contributed by atoms with Crippen LogP contribution in [0.25, 0.3) is 0 Å². The van der Waals surface area contributed by atoms with Crippen LogP contribution in [0.2, 0.25) is 0 Å². The molecule has 1 N–H and O–H groups in total. The van der Waals surface area contributed by atoms with Crippen LogP contribution >= 0.6 is 8.25 Å². The summed E-state index contributed by atoms with van der Waals surface area (Å²) in [6.07, 6.45) is 6.84. The highest BCUT2D eigenvalue weighted by molar-refractivity contribution is 7.33. The minimum absolute atomic E-state index is 0.354. The Morgan fingerprint density at radius 3 is 2.83 bits per heavy atom. The third-order valence-electron chi connectivity index (χ3n) is 1.26. The van der Waals surface area contributed by atoms with Crippen LogP contribution in [-0.4, -0.2) is 11.9 Å². The van der Waals surface area contributed by atoms with E-state index in [2.05, 4.69) is 15.3 Å². The van der Waals surface area contributed by atoms with Crippen LogP contribution in [0.4, 0.5) is 0 Å². The first kappa shape index (κ1) is 11.7. The van der Waals surface area contributed by atoms with Gasteiger partial charge >= 0.3 is 8.25 Å². The third-order valence-corrected chi connectivity index (χ3v) is 1.79. The topological polar surface area (TPSA) is 55.8 Å². The van der Waals surface area contributed by atoms with Gasteiger partial charge in [0.05, 0.1) is 4.67 Å². The molecule has 0 aliphatic carbocycles. The molecule has 70 valence electrons. The molecular weight excluding hydrogens is 179 g/mol. The Labute approximate surface area is 73.1 Å². The van der Waals surface area contributed by atoms with Gasteiger partial charge in [-0.05, 0) is 26.2 Å². The van der Waals surface area contributed by atoms with E-state index in [0.717, 1.165) is 19.3 Å². The van der Waals surface area contributed by atoms with E-state index in [4.69, 9.17) is 5.26 Å². The van der Waals surface area contributed by atoms with Crippen molar-refractivity contribution in [2.45, 2.75) is 26.2 Å². The minimum atomic E-state index is -2.32. The van der Waals surface area contributed by atoms with Gasteiger partial charge in [-0.1, -0.05) is 12.2 Å². The fourth-order valence-corrected chi connectivity index (χ4v) is 1.02. The molecule has 1 atom stereocenters. The highest BCUT2D eigenvalue weighted by Gasteiger charge is 2.18. The zero-order valence-electron chi connectivity index (χ0n) is 7.10. The van der Waals surface area contributed by atoms with E-state index >= 15 is 0 Å². The van der Waals surface area contributed by atoms with Crippen molar-refractivity contribution >= 4 is 8.25 Å². The first-order valence-corrected chi connectivity index (χ1v) is 4.93. The molecule has 0 aromatic rings. The zero-order chi connectivity index (χ0) is 9.23. The lowest BCUT2D eigenvalue weighted by Gasteiger charge is -1.90. The Kier molecular flexibility index (Phi) is 8.61. The summed E-state index contributed by atoms with van der Waals surface area (Å²) in [6, 6.07) is 0. The van der Waals surface area contributed by atoms with Crippen molar-refractivity contribution in [2.24, 2.45) is 0 Å². The Hall–Kier alpha value is -0.280. The van der Waals surface area contributed by atoms with Crippen molar-refractivity contribution < 1.29 is 19.0 Å². The van der Waals surface area contributed by atoms with Gasteiger partial charge in [-0.3, -0.25) is 0 Å². The highest BCUT2D eigenvalue weighted by Crippen LogP contribution is 2.21. The normalized spacial score (nSPS) is 12.3. The molecule has 0 rings (SSSR count). The maximum absolute atomic E-state index is 10.3. The minimum Gasteiger partial charge on any atom is -0.202 e. The fraction of sp³-hybridized carbons (Fsp3) is 0.714. The first-order valence-electron chi connectivity index (χ1n) is 3.84. The van der Waals surface area contributed by atoms with E-state index in [9.17, 15) is 4.57 Å². The standard InChI is InChI=1S/C7H13O4P/c1-2-3-4-5-6-7-10-12(9)11-8/h2-3H,4-7H2,1H3/p+1/b3-2+. The molecular formula is C7H14O4P+. The molecule has 0 heterocycles. The van der Waals surface area contributed by atoms with E-state index in [0.29, 0.717) is 6.61 Å². The second-order valence-electron chi connectivity index (χ2n) is 2.20. The summed E-state index contributed by atoms with van der Waals surface area (Å²) in [7, 11) is -2.32. The number of hydrogen-bond donors (Lipinski definition) is 1. The predicted octanol–water partition coefficient (Wildman–Crippen LogP) is 2.90. The van der Waals surface area contributed by atoms with Gasteiger partial charge in [-0.25, -0.2) is 5.26 Å². The van der Waals surface area contributed by atoms with Gasteiger partial charge in [0.15, 0.2) is 0 Å². The molecule has 0 amide bonds. The average molecular weight is 193 g/mol. The van der Waals surface area contributed by atoms with Crippen molar-refractivity contribution in [3.8, 4) is 0 Å². The van der Waals surface area contributed by atoms with Crippen LogP contribution in [0.5, 0.6) is 0 Å². The number of hydrogen-bond acceptors (Lipinski definition) is 4. The Morgan fingerprint density at radius 2 is 2.25 bits per heavy atom. The van der Waals surface area contributed by atoms with Crippen molar-refractivity contribution in [1.29, 1.82) is 0 Å². The molecule has 12 heavy (non-hydrogen) atoms. The second-order valence-corrected chi connectivity index (χ2v) is 3.07. The Bertz CT molecular complexity index is 146. The quantitative estimate of drug-likeness (QED) is 0.222. The summed E-state index contributed by atoms with van der Waals surface area (Å²) in [5.74, 6) is 0. The van der Waals surface area contributed by atoms with E-state index in [1.54, 1.807) is 0 Å². The highest BCUT2D eigenvalue weighted by atomic mass is 31.1. The smallest absolute Gasteiger partial charge is 0.202 e. The molecule has 5 heteroatoms. The van der Waals surface area contributed by atoms with Gasteiger partial charge in [0.25, 0.3) is 0 Å². The van der Waals surface area contributed by atoms with E-state index in [-0.39, 0.29) is 0 Å². The maximum Gasteiger partial charge on any atom is 0.728 e. The first-order chi connectivity index (χ1) is 5.81. The summed E-state index contributed by atoms with van der Waals surface area (Å²) in [6.45, 7) is 2.32. The molecule has 0 saturated heterocycles. The molecule has 0 aliphatic rings.